The van der Waals surface area contributed by atoms with Crippen molar-refractivity contribution in [2.75, 3.05) is 19.7 Å². The Bertz CT molecular complexity index is 329. The third-order valence-corrected chi connectivity index (χ3v) is 2.84. The molecule has 7 heteroatoms. The van der Waals surface area contributed by atoms with Crippen LogP contribution in [-0.4, -0.2) is 48.4 Å². The van der Waals surface area contributed by atoms with Gasteiger partial charge in [-0.3, -0.25) is 4.79 Å². The number of ether oxygens (including phenoxy) is 1. The lowest BCUT2D eigenvalue weighted by Crippen LogP contribution is -2.48. The molecule has 0 saturated carbocycles. The summed E-state index contributed by atoms with van der Waals surface area (Å²) >= 11 is 0. The second-order valence-electron chi connectivity index (χ2n) is 6.21. The second kappa shape index (κ2) is 11.3. The lowest BCUT2D eigenvalue weighted by Gasteiger charge is -2.23. The van der Waals surface area contributed by atoms with E-state index in [0.29, 0.717) is 32.4 Å². The van der Waals surface area contributed by atoms with Crippen LogP contribution in [0.3, 0.4) is 0 Å². The predicted molar refractivity (Wildman–Crippen MR) is 85.4 cm³/mol. The topological polar surface area (TPSA) is 114 Å². The first-order valence-corrected chi connectivity index (χ1v) is 7.88. The summed E-state index contributed by atoms with van der Waals surface area (Å²) in [6.45, 7) is 6.44. The highest BCUT2D eigenvalue weighted by atomic mass is 16.6. The molecule has 0 rings (SSSR count). The van der Waals surface area contributed by atoms with Gasteiger partial charge in [-0.15, -0.1) is 0 Å². The van der Waals surface area contributed by atoms with Crippen molar-refractivity contribution in [2.24, 2.45) is 5.73 Å². The largest absolute Gasteiger partial charge is 0.444 e. The van der Waals surface area contributed by atoms with Gasteiger partial charge >= 0.3 is 6.09 Å². The molecule has 7 nitrogen and oxygen atoms in total. The smallest absolute Gasteiger partial charge is 0.408 e. The maximum absolute atomic E-state index is 12.1. The average molecular weight is 317 g/mol. The third kappa shape index (κ3) is 11.3. The van der Waals surface area contributed by atoms with E-state index in [2.05, 4.69) is 10.6 Å². The van der Waals surface area contributed by atoms with Crippen LogP contribution in [0.15, 0.2) is 0 Å². The molecule has 1 atom stereocenters. The Labute approximate surface area is 133 Å². The van der Waals surface area contributed by atoms with Crippen molar-refractivity contribution in [1.29, 1.82) is 0 Å². The number of unbranched alkanes of at least 4 members (excludes halogenated alkanes) is 2. The van der Waals surface area contributed by atoms with Gasteiger partial charge in [-0.25, -0.2) is 4.79 Å². The van der Waals surface area contributed by atoms with E-state index in [1.165, 1.54) is 0 Å². The van der Waals surface area contributed by atoms with Gasteiger partial charge in [0.1, 0.15) is 11.6 Å². The molecular weight excluding hydrogens is 286 g/mol. The number of hydrogen-bond donors (Lipinski definition) is 4. The molecule has 0 fully saturated rings. The van der Waals surface area contributed by atoms with Crippen LogP contribution in [0.25, 0.3) is 0 Å². The normalized spacial score (nSPS) is 12.6. The number of nitrogens with two attached hydrogens (primary N) is 1. The van der Waals surface area contributed by atoms with E-state index in [9.17, 15) is 9.59 Å². The predicted octanol–water partition coefficient (Wildman–Crippen LogP) is 0.897. The lowest BCUT2D eigenvalue weighted by molar-refractivity contribution is -0.123. The Morgan fingerprint density at radius 3 is 2.41 bits per heavy atom. The molecule has 0 aliphatic carbocycles. The number of nitrogens with one attached hydrogen (secondary N) is 2. The molecule has 0 aromatic heterocycles. The molecule has 0 aromatic rings. The zero-order chi connectivity index (χ0) is 17.0. The molecule has 2 amide bonds. The van der Waals surface area contributed by atoms with Crippen molar-refractivity contribution in [3.8, 4) is 0 Å². The standard InChI is InChI=1S/C15H31N3O4/c1-15(2,3)22-14(21)18-12(8-4-5-9-16)13(20)17-10-6-7-11-19/h12,19H,4-11,16H2,1-3H3,(H,17,20)(H,18,21). The molecule has 0 heterocycles. The van der Waals surface area contributed by atoms with E-state index in [0.717, 1.165) is 12.8 Å². The number of carbonyl (C=O) groups is 2. The van der Waals surface area contributed by atoms with Crippen molar-refractivity contribution in [2.45, 2.75) is 64.5 Å². The maximum Gasteiger partial charge on any atom is 0.408 e. The Kier molecular flexibility index (Phi) is 10.6. The summed E-state index contributed by atoms with van der Waals surface area (Å²) in [6, 6.07) is -0.629. The first kappa shape index (κ1) is 20.7. The second-order valence-corrected chi connectivity index (χ2v) is 6.21. The summed E-state index contributed by atoms with van der Waals surface area (Å²) in [5, 5.41) is 14.1. The van der Waals surface area contributed by atoms with E-state index in [1.54, 1.807) is 20.8 Å². The molecule has 0 bridgehead atoms. The van der Waals surface area contributed by atoms with Crippen LogP contribution in [0, 0.1) is 0 Å². The monoisotopic (exact) mass is 317 g/mol. The fourth-order valence-electron chi connectivity index (χ4n) is 1.78. The number of carbonyl (C=O) groups excluding carboxylic acids is 2. The highest BCUT2D eigenvalue weighted by Gasteiger charge is 2.23. The molecule has 0 saturated heterocycles. The quantitative estimate of drug-likeness (QED) is 0.447. The molecule has 0 aliphatic heterocycles. The molecule has 0 aromatic carbocycles. The van der Waals surface area contributed by atoms with Crippen LogP contribution in [0.5, 0.6) is 0 Å². The lowest BCUT2D eigenvalue weighted by atomic mass is 10.1. The first-order chi connectivity index (χ1) is 10.3. The van der Waals surface area contributed by atoms with E-state index in [-0.39, 0.29) is 12.5 Å². The minimum absolute atomic E-state index is 0.103. The number of aliphatic hydroxyl groups excluding tert-OH is 1. The van der Waals surface area contributed by atoms with E-state index in [4.69, 9.17) is 15.6 Å². The van der Waals surface area contributed by atoms with Crippen molar-refractivity contribution in [3.05, 3.63) is 0 Å². The highest BCUT2D eigenvalue weighted by molar-refractivity contribution is 5.85. The van der Waals surface area contributed by atoms with Gasteiger partial charge in [0.05, 0.1) is 0 Å². The molecular formula is C15H31N3O4. The molecule has 1 unspecified atom stereocenters. The van der Waals surface area contributed by atoms with E-state index >= 15 is 0 Å². The minimum Gasteiger partial charge on any atom is -0.444 e. The van der Waals surface area contributed by atoms with Gasteiger partial charge in [0.15, 0.2) is 0 Å². The minimum atomic E-state index is -0.629. The Morgan fingerprint density at radius 2 is 1.86 bits per heavy atom. The van der Waals surface area contributed by atoms with Crippen LogP contribution in [-0.2, 0) is 9.53 Å². The van der Waals surface area contributed by atoms with Crippen LogP contribution in [0.4, 0.5) is 4.79 Å². The van der Waals surface area contributed by atoms with Gasteiger partial charge in [0, 0.05) is 13.2 Å². The summed E-state index contributed by atoms with van der Waals surface area (Å²) in [7, 11) is 0. The SMILES string of the molecule is CC(C)(C)OC(=O)NC(CCCCN)C(=O)NCCCCO. The van der Waals surface area contributed by atoms with E-state index < -0.39 is 17.7 Å². The molecule has 22 heavy (non-hydrogen) atoms. The summed E-state index contributed by atoms with van der Waals surface area (Å²) in [6.07, 6.45) is 2.80. The van der Waals surface area contributed by atoms with Crippen molar-refractivity contribution in [1.82, 2.24) is 10.6 Å². The van der Waals surface area contributed by atoms with Gasteiger partial charge in [0.25, 0.3) is 0 Å². The average Bonchev–Trinajstić information content (AvgIpc) is 2.40. The van der Waals surface area contributed by atoms with Crippen molar-refractivity contribution in [3.63, 3.8) is 0 Å². The van der Waals surface area contributed by atoms with E-state index in [1.807, 2.05) is 0 Å². The molecule has 130 valence electrons. The fraction of sp³-hybridized carbons (Fsp3) is 0.867. The zero-order valence-electron chi connectivity index (χ0n) is 14.0. The Balaban J connectivity index is 4.40. The van der Waals surface area contributed by atoms with Crippen LogP contribution in [0.2, 0.25) is 0 Å². The first-order valence-electron chi connectivity index (χ1n) is 7.88. The highest BCUT2D eigenvalue weighted by Crippen LogP contribution is 2.08. The van der Waals surface area contributed by atoms with Crippen LogP contribution < -0.4 is 16.4 Å². The summed E-state index contributed by atoms with van der Waals surface area (Å²) < 4.78 is 5.18. The molecule has 5 N–H and O–H groups in total. The van der Waals surface area contributed by atoms with Crippen LogP contribution >= 0.6 is 0 Å². The van der Waals surface area contributed by atoms with Crippen LogP contribution in [0.1, 0.15) is 52.9 Å². The number of aliphatic hydroxyl groups is 1. The maximum atomic E-state index is 12.1. The van der Waals surface area contributed by atoms with Crippen molar-refractivity contribution >= 4 is 12.0 Å². The van der Waals surface area contributed by atoms with Gasteiger partial charge in [-0.2, -0.15) is 0 Å². The van der Waals surface area contributed by atoms with Crippen molar-refractivity contribution < 1.29 is 19.4 Å². The zero-order valence-corrected chi connectivity index (χ0v) is 14.0. The molecule has 0 spiro atoms. The summed E-state index contributed by atoms with van der Waals surface area (Å²) in [5.41, 5.74) is 4.84. The van der Waals surface area contributed by atoms with Gasteiger partial charge in [0.2, 0.25) is 5.91 Å². The number of rotatable bonds is 10. The molecule has 0 aliphatic rings. The van der Waals surface area contributed by atoms with Gasteiger partial charge < -0.3 is 26.2 Å². The fourth-order valence-corrected chi connectivity index (χ4v) is 1.78. The number of amides is 2. The Hall–Kier alpha value is -1.34. The third-order valence-electron chi connectivity index (χ3n) is 2.84. The molecule has 0 radical (unpaired) electrons. The summed E-state index contributed by atoms with van der Waals surface area (Å²) in [4.78, 5) is 23.9. The summed E-state index contributed by atoms with van der Waals surface area (Å²) in [5.74, 6) is -0.235. The number of alkyl carbamates (subject to hydrolysis) is 1. The Morgan fingerprint density at radius 1 is 1.18 bits per heavy atom. The number of hydrogen-bond acceptors (Lipinski definition) is 5. The van der Waals surface area contributed by atoms with Gasteiger partial charge in [-0.1, -0.05) is 0 Å². The van der Waals surface area contributed by atoms with Gasteiger partial charge in [-0.05, 0) is 59.4 Å².